The lowest BCUT2D eigenvalue weighted by Crippen LogP contribution is -1.86. The van der Waals surface area contributed by atoms with Crippen LogP contribution in [0.2, 0.25) is 0 Å². The Bertz CT molecular complexity index is 479. The van der Waals surface area contributed by atoms with Crippen LogP contribution in [0, 0.1) is 6.07 Å². The number of rotatable bonds is 0. The van der Waals surface area contributed by atoms with Crippen molar-refractivity contribution in [1.82, 2.24) is 0 Å². The van der Waals surface area contributed by atoms with Crippen molar-refractivity contribution in [1.29, 1.82) is 0 Å². The lowest BCUT2D eigenvalue weighted by molar-refractivity contribution is 0.481. The molecular formula is C14H9O. The summed E-state index contributed by atoms with van der Waals surface area (Å²) in [5, 5.41) is 0. The molecule has 0 aromatic heterocycles. The second kappa shape index (κ2) is 3.28. The molecule has 1 aliphatic rings. The van der Waals surface area contributed by atoms with E-state index in [2.05, 4.69) is 18.2 Å². The van der Waals surface area contributed by atoms with Crippen LogP contribution in [0.1, 0.15) is 11.1 Å². The van der Waals surface area contributed by atoms with Gasteiger partial charge in [-0.15, -0.1) is 0 Å². The van der Waals surface area contributed by atoms with Gasteiger partial charge in [0.25, 0.3) is 0 Å². The molecule has 0 fully saturated rings. The van der Waals surface area contributed by atoms with E-state index in [0.717, 1.165) is 22.6 Å². The second-order valence-electron chi connectivity index (χ2n) is 3.44. The molecule has 0 bridgehead atoms. The van der Waals surface area contributed by atoms with E-state index in [9.17, 15) is 0 Å². The van der Waals surface area contributed by atoms with Crippen LogP contribution in [0.15, 0.2) is 42.5 Å². The zero-order valence-corrected chi connectivity index (χ0v) is 8.10. The Morgan fingerprint density at radius 2 is 1.67 bits per heavy atom. The molecular weight excluding hydrogens is 184 g/mol. The summed E-state index contributed by atoms with van der Waals surface area (Å²) < 4.78 is 5.82. The Morgan fingerprint density at radius 3 is 2.67 bits per heavy atom. The zero-order chi connectivity index (χ0) is 10.1. The zero-order valence-electron chi connectivity index (χ0n) is 8.10. The molecule has 71 valence electrons. The van der Waals surface area contributed by atoms with E-state index in [0.29, 0.717) is 0 Å². The molecule has 15 heavy (non-hydrogen) atoms. The smallest absolute Gasteiger partial charge is 0.134 e. The van der Waals surface area contributed by atoms with Crippen molar-refractivity contribution in [3.63, 3.8) is 0 Å². The van der Waals surface area contributed by atoms with E-state index in [1.165, 1.54) is 0 Å². The van der Waals surface area contributed by atoms with Crippen molar-refractivity contribution >= 4 is 12.2 Å². The van der Waals surface area contributed by atoms with Crippen LogP contribution in [0.5, 0.6) is 11.5 Å². The third-order valence-corrected chi connectivity index (χ3v) is 2.44. The predicted molar refractivity (Wildman–Crippen MR) is 60.7 cm³/mol. The number of ether oxygens (including phenoxy) is 1. The summed E-state index contributed by atoms with van der Waals surface area (Å²) in [6.45, 7) is 0. The average molecular weight is 193 g/mol. The highest BCUT2D eigenvalue weighted by molar-refractivity contribution is 5.77. The Balaban J connectivity index is 2.19. The first-order valence-electron chi connectivity index (χ1n) is 4.88. The quantitative estimate of drug-likeness (QED) is 0.528. The Hall–Kier alpha value is -2.02. The monoisotopic (exact) mass is 193 g/mol. The molecule has 0 N–H and O–H groups in total. The minimum absolute atomic E-state index is 0.884. The molecule has 0 aliphatic carbocycles. The van der Waals surface area contributed by atoms with Crippen molar-refractivity contribution in [3.8, 4) is 11.5 Å². The molecule has 0 amide bonds. The van der Waals surface area contributed by atoms with Crippen LogP contribution in [0.25, 0.3) is 12.2 Å². The van der Waals surface area contributed by atoms with Gasteiger partial charge in [-0.1, -0.05) is 36.4 Å². The van der Waals surface area contributed by atoms with Crippen molar-refractivity contribution in [2.45, 2.75) is 0 Å². The van der Waals surface area contributed by atoms with Crippen LogP contribution >= 0.6 is 0 Å². The van der Waals surface area contributed by atoms with Crippen LogP contribution in [-0.2, 0) is 0 Å². The Morgan fingerprint density at radius 1 is 0.867 bits per heavy atom. The lowest BCUT2D eigenvalue weighted by atomic mass is 10.1. The molecule has 0 saturated carbocycles. The fourth-order valence-electron chi connectivity index (χ4n) is 1.66. The maximum Gasteiger partial charge on any atom is 0.134 e. The molecule has 0 saturated heterocycles. The topological polar surface area (TPSA) is 9.23 Å². The Kier molecular flexibility index (Phi) is 1.82. The first-order valence-corrected chi connectivity index (χ1v) is 4.88. The lowest BCUT2D eigenvalue weighted by Gasteiger charge is -2.07. The second-order valence-corrected chi connectivity index (χ2v) is 3.44. The van der Waals surface area contributed by atoms with Crippen molar-refractivity contribution in [2.24, 2.45) is 0 Å². The van der Waals surface area contributed by atoms with Gasteiger partial charge in [-0.25, -0.2) is 0 Å². The summed E-state index contributed by atoms with van der Waals surface area (Å²) in [4.78, 5) is 0. The number of fused-ring (bicyclic) bond motifs is 2. The number of benzene rings is 2. The fourth-order valence-corrected chi connectivity index (χ4v) is 1.66. The van der Waals surface area contributed by atoms with Crippen LogP contribution in [0.4, 0.5) is 0 Å². The van der Waals surface area contributed by atoms with Crippen molar-refractivity contribution < 1.29 is 4.74 Å². The van der Waals surface area contributed by atoms with Gasteiger partial charge in [-0.05, 0) is 24.3 Å². The number of hydrogen-bond acceptors (Lipinski definition) is 1. The summed E-state index contributed by atoms with van der Waals surface area (Å²) in [5.41, 5.74) is 2.17. The Labute approximate surface area is 88.6 Å². The molecule has 1 nitrogen and oxygen atoms in total. The minimum atomic E-state index is 0.884. The highest BCUT2D eigenvalue weighted by atomic mass is 16.5. The fraction of sp³-hybridized carbons (Fsp3) is 0. The molecule has 0 unspecified atom stereocenters. The number of hydrogen-bond donors (Lipinski definition) is 0. The molecule has 2 aromatic carbocycles. The third kappa shape index (κ3) is 1.42. The first kappa shape index (κ1) is 8.30. The van der Waals surface area contributed by atoms with E-state index < -0.39 is 0 Å². The molecule has 2 aromatic rings. The van der Waals surface area contributed by atoms with Gasteiger partial charge in [0, 0.05) is 11.1 Å². The van der Waals surface area contributed by atoms with Gasteiger partial charge in [-0.2, -0.15) is 0 Å². The van der Waals surface area contributed by atoms with Gasteiger partial charge in [0.2, 0.25) is 0 Å². The van der Waals surface area contributed by atoms with Crippen molar-refractivity contribution in [3.05, 3.63) is 59.7 Å². The largest absolute Gasteiger partial charge is 0.456 e. The molecule has 1 heterocycles. The maximum absolute atomic E-state index is 5.82. The first-order chi connectivity index (χ1) is 7.43. The maximum atomic E-state index is 5.82. The van der Waals surface area contributed by atoms with Crippen molar-refractivity contribution in [2.75, 3.05) is 0 Å². The van der Waals surface area contributed by atoms with E-state index in [4.69, 9.17) is 4.74 Å². The van der Waals surface area contributed by atoms with Gasteiger partial charge < -0.3 is 4.74 Å². The van der Waals surface area contributed by atoms with Gasteiger partial charge >= 0.3 is 0 Å². The summed E-state index contributed by atoms with van der Waals surface area (Å²) in [6.07, 6.45) is 4.12. The van der Waals surface area contributed by atoms with Gasteiger partial charge in [0.1, 0.15) is 11.5 Å². The summed E-state index contributed by atoms with van der Waals surface area (Å²) in [5.74, 6) is 1.79. The van der Waals surface area contributed by atoms with Crippen LogP contribution in [0.3, 0.4) is 0 Å². The number of para-hydroxylation sites is 1. The molecule has 1 heteroatoms. The van der Waals surface area contributed by atoms with Crippen LogP contribution in [-0.4, -0.2) is 0 Å². The highest BCUT2D eigenvalue weighted by Gasteiger charge is 2.08. The van der Waals surface area contributed by atoms with E-state index >= 15 is 0 Å². The summed E-state index contributed by atoms with van der Waals surface area (Å²) >= 11 is 0. The van der Waals surface area contributed by atoms with E-state index in [-0.39, 0.29) is 0 Å². The molecule has 0 atom stereocenters. The predicted octanol–water partition coefficient (Wildman–Crippen LogP) is 3.76. The molecule has 1 aliphatic heterocycles. The molecule has 1 radical (unpaired) electrons. The molecule has 3 rings (SSSR count). The summed E-state index contributed by atoms with van der Waals surface area (Å²) in [6, 6.07) is 16.8. The van der Waals surface area contributed by atoms with Gasteiger partial charge in [-0.3, -0.25) is 0 Å². The summed E-state index contributed by atoms with van der Waals surface area (Å²) in [7, 11) is 0. The SMILES string of the molecule is [c]1ccc2c(c1)C=Cc1ccccc1O2. The minimum Gasteiger partial charge on any atom is -0.456 e. The van der Waals surface area contributed by atoms with Gasteiger partial charge in [0.05, 0.1) is 0 Å². The van der Waals surface area contributed by atoms with Gasteiger partial charge in [0.15, 0.2) is 0 Å². The van der Waals surface area contributed by atoms with E-state index in [1.54, 1.807) is 0 Å². The average Bonchev–Trinajstić information content (AvgIpc) is 2.48. The standard InChI is InChI=1S/C14H9O/c1-3-7-13-11(5-1)9-10-12-6-2-4-8-14(12)15-13/h1,3-10H. The van der Waals surface area contributed by atoms with E-state index in [1.807, 2.05) is 42.5 Å². The normalized spacial score (nSPS) is 12.3. The third-order valence-electron chi connectivity index (χ3n) is 2.44. The highest BCUT2D eigenvalue weighted by Crippen LogP contribution is 2.33. The molecule has 0 spiro atoms. The van der Waals surface area contributed by atoms with Crippen LogP contribution < -0.4 is 4.74 Å².